The van der Waals surface area contributed by atoms with E-state index in [0.29, 0.717) is 23.9 Å². The number of aromatic nitrogens is 2. The van der Waals surface area contributed by atoms with Crippen molar-refractivity contribution in [2.45, 2.75) is 43.2 Å². The fourth-order valence-electron chi connectivity index (χ4n) is 4.92. The minimum atomic E-state index is 0. The number of rotatable bonds is 3. The minimum Gasteiger partial charge on any atom is -0.420 e. The lowest BCUT2D eigenvalue weighted by molar-refractivity contribution is 0.124. The van der Waals surface area contributed by atoms with E-state index in [4.69, 9.17) is 16.0 Å². The normalized spacial score (nSPS) is 26.8. The average Bonchev–Trinajstić information content (AvgIpc) is 3.26. The highest BCUT2D eigenvalue weighted by Gasteiger charge is 2.48. The third-order valence-electron chi connectivity index (χ3n) is 6.31. The number of benzene rings is 2. The Morgan fingerprint density at radius 1 is 1.00 bits per heavy atom. The van der Waals surface area contributed by atoms with Gasteiger partial charge in [0.05, 0.1) is 5.92 Å². The molecule has 0 saturated carbocycles. The van der Waals surface area contributed by atoms with E-state index in [1.165, 1.54) is 18.4 Å². The summed E-state index contributed by atoms with van der Waals surface area (Å²) in [7, 11) is 2.24. The van der Waals surface area contributed by atoms with Crippen molar-refractivity contribution in [3.63, 3.8) is 0 Å². The van der Waals surface area contributed by atoms with Crippen LogP contribution in [-0.4, -0.2) is 34.2 Å². The van der Waals surface area contributed by atoms with Crippen molar-refractivity contribution in [1.29, 1.82) is 0 Å². The second kappa shape index (κ2) is 7.86. The SMILES string of the molecule is CN1[C@H]2CC[C@@H]1[C@@H](c1nnc(-c3ccccc3)o1)[C@@H](c1ccc(Cl)cc1)C2.Cl. The monoisotopic (exact) mass is 415 g/mol. The molecule has 2 aliphatic rings. The first-order valence-corrected chi connectivity index (χ1v) is 9.95. The summed E-state index contributed by atoms with van der Waals surface area (Å²) in [6, 6.07) is 19.3. The molecular weight excluding hydrogens is 393 g/mol. The Morgan fingerprint density at radius 2 is 1.75 bits per heavy atom. The summed E-state index contributed by atoms with van der Waals surface area (Å²) in [5.41, 5.74) is 2.28. The Morgan fingerprint density at radius 3 is 2.50 bits per heavy atom. The van der Waals surface area contributed by atoms with Crippen LogP contribution in [0.15, 0.2) is 59.0 Å². The lowest BCUT2D eigenvalue weighted by Crippen LogP contribution is -2.44. The zero-order chi connectivity index (χ0) is 18.4. The van der Waals surface area contributed by atoms with Gasteiger partial charge in [0.25, 0.3) is 0 Å². The van der Waals surface area contributed by atoms with Crippen LogP contribution in [0.2, 0.25) is 5.02 Å². The lowest BCUT2D eigenvalue weighted by Gasteiger charge is -2.41. The van der Waals surface area contributed by atoms with Crippen LogP contribution in [0.5, 0.6) is 0 Å². The van der Waals surface area contributed by atoms with Gasteiger partial charge in [0.1, 0.15) is 0 Å². The fourth-order valence-corrected chi connectivity index (χ4v) is 5.05. The van der Waals surface area contributed by atoms with Crippen molar-refractivity contribution in [3.05, 3.63) is 71.1 Å². The average molecular weight is 416 g/mol. The molecule has 4 atom stereocenters. The molecule has 2 bridgehead atoms. The highest BCUT2D eigenvalue weighted by molar-refractivity contribution is 6.30. The molecule has 2 saturated heterocycles. The molecule has 0 spiro atoms. The second-order valence-corrected chi connectivity index (χ2v) is 8.13. The van der Waals surface area contributed by atoms with Gasteiger partial charge in [-0.15, -0.1) is 22.6 Å². The van der Waals surface area contributed by atoms with Crippen molar-refractivity contribution in [1.82, 2.24) is 15.1 Å². The molecule has 6 heteroatoms. The predicted octanol–water partition coefficient (Wildman–Crippen LogP) is 5.55. The largest absolute Gasteiger partial charge is 0.420 e. The highest BCUT2D eigenvalue weighted by Crippen LogP contribution is 2.50. The zero-order valence-electron chi connectivity index (χ0n) is 15.7. The first-order chi connectivity index (χ1) is 13.2. The molecule has 5 rings (SSSR count). The van der Waals surface area contributed by atoms with Crippen molar-refractivity contribution >= 4 is 24.0 Å². The molecule has 0 unspecified atom stereocenters. The Hall–Kier alpha value is -1.88. The van der Waals surface area contributed by atoms with Crippen molar-refractivity contribution < 1.29 is 4.42 Å². The van der Waals surface area contributed by atoms with Gasteiger partial charge in [-0.1, -0.05) is 41.9 Å². The van der Waals surface area contributed by atoms with Gasteiger partial charge in [-0.25, -0.2) is 0 Å². The molecule has 0 aliphatic carbocycles. The van der Waals surface area contributed by atoms with Crippen LogP contribution in [0.4, 0.5) is 0 Å². The number of hydrogen-bond donors (Lipinski definition) is 0. The maximum absolute atomic E-state index is 6.21. The van der Waals surface area contributed by atoms with E-state index in [9.17, 15) is 0 Å². The third kappa shape index (κ3) is 3.34. The van der Waals surface area contributed by atoms with E-state index in [2.05, 4.69) is 34.3 Å². The van der Waals surface area contributed by atoms with E-state index in [1.807, 2.05) is 42.5 Å². The number of fused-ring (bicyclic) bond motifs is 2. The Labute approximate surface area is 176 Å². The Balaban J connectivity index is 0.00000192. The first-order valence-electron chi connectivity index (χ1n) is 9.57. The topological polar surface area (TPSA) is 42.2 Å². The number of nitrogens with zero attached hydrogens (tertiary/aromatic N) is 3. The molecule has 0 amide bonds. The number of piperidine rings is 1. The lowest BCUT2D eigenvalue weighted by atomic mass is 9.76. The van der Waals surface area contributed by atoms with E-state index in [-0.39, 0.29) is 18.3 Å². The maximum Gasteiger partial charge on any atom is 0.247 e. The van der Waals surface area contributed by atoms with E-state index < -0.39 is 0 Å². The summed E-state index contributed by atoms with van der Waals surface area (Å²) in [6.45, 7) is 0. The van der Waals surface area contributed by atoms with Crippen LogP contribution in [0.25, 0.3) is 11.5 Å². The molecule has 1 aromatic heterocycles. The van der Waals surface area contributed by atoms with E-state index in [1.54, 1.807) is 0 Å². The molecule has 0 N–H and O–H groups in total. The Bertz CT molecular complexity index is 928. The third-order valence-corrected chi connectivity index (χ3v) is 6.57. The highest BCUT2D eigenvalue weighted by atomic mass is 35.5. The van der Waals surface area contributed by atoms with E-state index >= 15 is 0 Å². The summed E-state index contributed by atoms with van der Waals surface area (Å²) in [5.74, 6) is 1.94. The van der Waals surface area contributed by atoms with Crippen LogP contribution in [-0.2, 0) is 0 Å². The summed E-state index contributed by atoms with van der Waals surface area (Å²) in [5, 5.41) is 9.62. The van der Waals surface area contributed by atoms with Crippen LogP contribution in [0, 0.1) is 0 Å². The van der Waals surface area contributed by atoms with Gasteiger partial charge < -0.3 is 4.42 Å². The summed E-state index contributed by atoms with van der Waals surface area (Å²) < 4.78 is 6.21. The van der Waals surface area contributed by atoms with Gasteiger partial charge in [0.2, 0.25) is 11.8 Å². The molecule has 0 radical (unpaired) electrons. The predicted molar refractivity (Wildman–Crippen MR) is 113 cm³/mol. The summed E-state index contributed by atoms with van der Waals surface area (Å²) >= 11 is 6.12. The van der Waals surface area contributed by atoms with Crippen LogP contribution in [0.3, 0.4) is 0 Å². The molecule has 28 heavy (non-hydrogen) atoms. The maximum atomic E-state index is 6.21. The molecule has 2 aromatic carbocycles. The molecule has 146 valence electrons. The molecule has 2 aliphatic heterocycles. The summed E-state index contributed by atoms with van der Waals surface area (Å²) in [4.78, 5) is 2.52. The standard InChI is InChI=1S/C22H22ClN3O.ClH/c1-26-17-11-12-19(26)20(18(13-17)14-7-9-16(23)10-8-14)22-25-24-21(27-22)15-5-3-2-4-6-15;/h2-10,17-20H,11-13H2,1H3;1H/t17-,18+,19+,20-;/m0./s1. The van der Waals surface area contributed by atoms with Crippen LogP contribution in [0.1, 0.15) is 42.6 Å². The van der Waals surface area contributed by atoms with Gasteiger partial charge in [0.15, 0.2) is 0 Å². The molecule has 3 heterocycles. The second-order valence-electron chi connectivity index (χ2n) is 7.69. The van der Waals surface area contributed by atoms with Crippen molar-refractivity contribution in [2.75, 3.05) is 7.05 Å². The van der Waals surface area contributed by atoms with Crippen molar-refractivity contribution in [3.8, 4) is 11.5 Å². The van der Waals surface area contributed by atoms with Gasteiger partial charge in [0, 0.05) is 22.7 Å². The smallest absolute Gasteiger partial charge is 0.247 e. The van der Waals surface area contributed by atoms with Gasteiger partial charge in [-0.05, 0) is 62.1 Å². The first kappa shape index (κ1) is 19.4. The zero-order valence-corrected chi connectivity index (χ0v) is 17.2. The van der Waals surface area contributed by atoms with Crippen molar-refractivity contribution in [2.24, 2.45) is 0 Å². The van der Waals surface area contributed by atoms with Gasteiger partial charge in [-0.2, -0.15) is 0 Å². The van der Waals surface area contributed by atoms with Gasteiger partial charge in [-0.3, -0.25) is 4.90 Å². The fraction of sp³-hybridized carbons (Fsp3) is 0.364. The quantitative estimate of drug-likeness (QED) is 0.562. The van der Waals surface area contributed by atoms with E-state index in [0.717, 1.165) is 22.9 Å². The van der Waals surface area contributed by atoms with Crippen LogP contribution < -0.4 is 0 Å². The molecular formula is C22H23Cl2N3O. The molecule has 4 nitrogen and oxygen atoms in total. The number of likely N-dealkylation sites (N-methyl/N-ethyl adjacent to an activating group) is 1. The number of halogens is 2. The minimum absolute atomic E-state index is 0. The molecule has 3 aromatic rings. The van der Waals surface area contributed by atoms with Gasteiger partial charge >= 0.3 is 0 Å². The number of hydrogen-bond acceptors (Lipinski definition) is 4. The Kier molecular flexibility index (Phi) is 5.46. The van der Waals surface area contributed by atoms with Crippen LogP contribution >= 0.6 is 24.0 Å². The summed E-state index contributed by atoms with van der Waals surface area (Å²) in [6.07, 6.45) is 3.53. The molecule has 2 fully saturated rings.